The molecule has 0 bridgehead atoms. The highest BCUT2D eigenvalue weighted by atomic mass is 16.4. The molecule has 1 aromatic rings. The van der Waals surface area contributed by atoms with Crippen LogP contribution in [0.2, 0.25) is 0 Å². The minimum absolute atomic E-state index is 0.238. The fourth-order valence-electron chi connectivity index (χ4n) is 2.26. The van der Waals surface area contributed by atoms with E-state index >= 15 is 0 Å². The molecule has 1 aromatic carbocycles. The van der Waals surface area contributed by atoms with Crippen LogP contribution in [-0.2, 0) is 11.3 Å². The van der Waals surface area contributed by atoms with Crippen molar-refractivity contribution in [3.8, 4) is 0 Å². The number of hydrogen-bond acceptors (Lipinski definition) is 3. The summed E-state index contributed by atoms with van der Waals surface area (Å²) in [6.45, 7) is 2.08. The van der Waals surface area contributed by atoms with E-state index in [0.29, 0.717) is 13.1 Å². The lowest BCUT2D eigenvalue weighted by atomic mass is 9.97. The number of anilines is 1. The van der Waals surface area contributed by atoms with Gasteiger partial charge in [0.05, 0.1) is 5.92 Å². The van der Waals surface area contributed by atoms with E-state index in [-0.39, 0.29) is 5.92 Å². The van der Waals surface area contributed by atoms with Gasteiger partial charge in [-0.1, -0.05) is 12.1 Å². The molecule has 0 radical (unpaired) electrons. The summed E-state index contributed by atoms with van der Waals surface area (Å²) in [5, 5.41) is 9.04. The van der Waals surface area contributed by atoms with Gasteiger partial charge in [-0.05, 0) is 30.5 Å². The van der Waals surface area contributed by atoms with Crippen molar-refractivity contribution in [1.82, 2.24) is 0 Å². The van der Waals surface area contributed by atoms with E-state index in [2.05, 4.69) is 4.90 Å². The predicted molar refractivity (Wildman–Crippen MR) is 66.9 cm³/mol. The van der Waals surface area contributed by atoms with Gasteiger partial charge < -0.3 is 15.7 Å². The van der Waals surface area contributed by atoms with Gasteiger partial charge in [0.25, 0.3) is 0 Å². The van der Waals surface area contributed by atoms with E-state index in [1.807, 2.05) is 24.3 Å². The maximum absolute atomic E-state index is 11.0. The molecule has 17 heavy (non-hydrogen) atoms. The smallest absolute Gasteiger partial charge is 0.308 e. The molecule has 2 rings (SSSR count). The SMILES string of the molecule is NCc1ccc(N2CCCC(C(=O)O)C2)cc1. The Hall–Kier alpha value is -1.55. The topological polar surface area (TPSA) is 66.6 Å². The molecular formula is C13H18N2O2. The molecule has 4 heteroatoms. The highest BCUT2D eigenvalue weighted by Crippen LogP contribution is 2.23. The van der Waals surface area contributed by atoms with E-state index in [1.165, 1.54) is 0 Å². The van der Waals surface area contributed by atoms with Gasteiger partial charge in [0.1, 0.15) is 0 Å². The van der Waals surface area contributed by atoms with Gasteiger partial charge in [-0.15, -0.1) is 0 Å². The minimum Gasteiger partial charge on any atom is -0.481 e. The fraction of sp³-hybridized carbons (Fsp3) is 0.462. The van der Waals surface area contributed by atoms with E-state index in [4.69, 9.17) is 10.8 Å². The second kappa shape index (κ2) is 5.19. The van der Waals surface area contributed by atoms with E-state index in [0.717, 1.165) is 30.6 Å². The number of piperidine rings is 1. The third-order valence-corrected chi connectivity index (χ3v) is 3.31. The largest absolute Gasteiger partial charge is 0.481 e. The fourth-order valence-corrected chi connectivity index (χ4v) is 2.26. The number of carboxylic acids is 1. The first-order chi connectivity index (χ1) is 8.20. The molecule has 0 aromatic heterocycles. The van der Waals surface area contributed by atoms with Crippen LogP contribution in [0.25, 0.3) is 0 Å². The Balaban J connectivity index is 2.08. The van der Waals surface area contributed by atoms with Crippen molar-refractivity contribution in [2.45, 2.75) is 19.4 Å². The average molecular weight is 234 g/mol. The van der Waals surface area contributed by atoms with Crippen LogP contribution in [0.5, 0.6) is 0 Å². The minimum atomic E-state index is -0.687. The van der Waals surface area contributed by atoms with Crippen molar-refractivity contribution < 1.29 is 9.90 Å². The molecule has 1 aliphatic rings. The van der Waals surface area contributed by atoms with Gasteiger partial charge in [-0.25, -0.2) is 0 Å². The predicted octanol–water partition coefficient (Wildman–Crippen LogP) is 1.45. The standard InChI is InChI=1S/C13H18N2O2/c14-8-10-3-5-12(6-4-10)15-7-1-2-11(9-15)13(16)17/h3-6,11H,1-2,7-9,14H2,(H,16,17). The lowest BCUT2D eigenvalue weighted by molar-refractivity contribution is -0.141. The van der Waals surface area contributed by atoms with Crippen LogP contribution in [0.15, 0.2) is 24.3 Å². The molecule has 1 aliphatic heterocycles. The molecule has 92 valence electrons. The van der Waals surface area contributed by atoms with E-state index < -0.39 is 5.97 Å². The third-order valence-electron chi connectivity index (χ3n) is 3.31. The number of nitrogens with zero attached hydrogens (tertiary/aromatic N) is 1. The quantitative estimate of drug-likeness (QED) is 0.830. The summed E-state index contributed by atoms with van der Waals surface area (Å²) in [7, 11) is 0. The zero-order valence-corrected chi connectivity index (χ0v) is 9.80. The van der Waals surface area contributed by atoms with Crippen LogP contribution in [0.1, 0.15) is 18.4 Å². The Morgan fingerprint density at radius 1 is 1.41 bits per heavy atom. The van der Waals surface area contributed by atoms with Crippen LogP contribution in [0.4, 0.5) is 5.69 Å². The van der Waals surface area contributed by atoms with Crippen molar-refractivity contribution >= 4 is 11.7 Å². The van der Waals surface area contributed by atoms with Gasteiger partial charge in [0.2, 0.25) is 0 Å². The van der Waals surface area contributed by atoms with Crippen LogP contribution >= 0.6 is 0 Å². The molecule has 0 amide bonds. The van der Waals surface area contributed by atoms with Gasteiger partial charge in [0.15, 0.2) is 0 Å². The number of benzene rings is 1. The number of nitrogens with two attached hydrogens (primary N) is 1. The van der Waals surface area contributed by atoms with Gasteiger partial charge >= 0.3 is 5.97 Å². The van der Waals surface area contributed by atoms with Gasteiger partial charge in [0, 0.05) is 25.3 Å². The molecule has 4 nitrogen and oxygen atoms in total. The Bertz CT molecular complexity index is 389. The summed E-state index contributed by atoms with van der Waals surface area (Å²) in [6, 6.07) is 8.04. The van der Waals surface area contributed by atoms with E-state index in [1.54, 1.807) is 0 Å². The second-order valence-corrected chi connectivity index (χ2v) is 4.49. The lowest BCUT2D eigenvalue weighted by Gasteiger charge is -2.32. The first-order valence-electron chi connectivity index (χ1n) is 5.97. The van der Waals surface area contributed by atoms with Crippen molar-refractivity contribution in [2.75, 3.05) is 18.0 Å². The molecule has 0 aliphatic carbocycles. The summed E-state index contributed by atoms with van der Waals surface area (Å²) >= 11 is 0. The summed E-state index contributed by atoms with van der Waals surface area (Å²) in [5.41, 5.74) is 7.74. The van der Waals surface area contributed by atoms with Crippen LogP contribution < -0.4 is 10.6 Å². The summed E-state index contributed by atoms with van der Waals surface area (Å²) in [4.78, 5) is 13.1. The number of carboxylic acid groups (broad SMARTS) is 1. The zero-order chi connectivity index (χ0) is 12.3. The highest BCUT2D eigenvalue weighted by Gasteiger charge is 2.25. The molecule has 3 N–H and O–H groups in total. The van der Waals surface area contributed by atoms with Crippen LogP contribution in [0, 0.1) is 5.92 Å². The van der Waals surface area contributed by atoms with Crippen LogP contribution in [0.3, 0.4) is 0 Å². The Morgan fingerprint density at radius 3 is 2.71 bits per heavy atom. The maximum atomic E-state index is 11.0. The maximum Gasteiger partial charge on any atom is 0.308 e. The first-order valence-corrected chi connectivity index (χ1v) is 5.97. The summed E-state index contributed by atoms with van der Waals surface area (Å²) in [5.74, 6) is -0.925. The Morgan fingerprint density at radius 2 is 2.12 bits per heavy atom. The molecule has 0 spiro atoms. The van der Waals surface area contributed by atoms with Crippen molar-refractivity contribution in [3.63, 3.8) is 0 Å². The highest BCUT2D eigenvalue weighted by molar-refractivity contribution is 5.71. The monoisotopic (exact) mass is 234 g/mol. The molecule has 1 fully saturated rings. The Kier molecular flexibility index (Phi) is 3.64. The average Bonchev–Trinajstić information content (AvgIpc) is 2.39. The number of rotatable bonds is 3. The van der Waals surface area contributed by atoms with Crippen molar-refractivity contribution in [1.29, 1.82) is 0 Å². The van der Waals surface area contributed by atoms with Crippen molar-refractivity contribution in [3.05, 3.63) is 29.8 Å². The Labute approximate surface area is 101 Å². The molecule has 0 saturated carbocycles. The molecular weight excluding hydrogens is 216 g/mol. The van der Waals surface area contributed by atoms with E-state index in [9.17, 15) is 4.79 Å². The van der Waals surface area contributed by atoms with Crippen LogP contribution in [-0.4, -0.2) is 24.2 Å². The van der Waals surface area contributed by atoms with Gasteiger partial charge in [-0.2, -0.15) is 0 Å². The molecule has 1 unspecified atom stereocenters. The third kappa shape index (κ3) is 2.77. The second-order valence-electron chi connectivity index (χ2n) is 4.49. The number of aliphatic carboxylic acids is 1. The number of hydrogen-bond donors (Lipinski definition) is 2. The molecule has 1 saturated heterocycles. The molecule has 1 heterocycles. The summed E-state index contributed by atoms with van der Waals surface area (Å²) < 4.78 is 0. The summed E-state index contributed by atoms with van der Waals surface area (Å²) in [6.07, 6.45) is 1.72. The number of carbonyl (C=O) groups is 1. The lowest BCUT2D eigenvalue weighted by Crippen LogP contribution is -2.38. The first kappa shape index (κ1) is 11.9. The zero-order valence-electron chi connectivity index (χ0n) is 9.80. The van der Waals surface area contributed by atoms with Gasteiger partial charge in [-0.3, -0.25) is 4.79 Å². The molecule has 1 atom stereocenters. The van der Waals surface area contributed by atoms with Crippen molar-refractivity contribution in [2.24, 2.45) is 11.7 Å². The normalized spacial score (nSPS) is 20.3.